The topological polar surface area (TPSA) is 94.1 Å². The summed E-state index contributed by atoms with van der Waals surface area (Å²) in [5, 5.41) is 0. The first-order valence-electron chi connectivity index (χ1n) is 26.0. The first kappa shape index (κ1) is 59.1. The summed E-state index contributed by atoms with van der Waals surface area (Å²) in [6.07, 6.45) is 51.9. The summed E-state index contributed by atoms with van der Waals surface area (Å²) in [6, 6.07) is 0. The number of carbonyl (C=O) groups excluding carboxylic acids is 1. The molecular formula is C51H102NO7P. The van der Waals surface area contributed by atoms with Crippen LogP contribution in [0.15, 0.2) is 12.3 Å². The zero-order valence-electron chi connectivity index (χ0n) is 40.7. The lowest BCUT2D eigenvalue weighted by Crippen LogP contribution is -2.37. The standard InChI is InChI=1S/C51H102NO7P/c1-6-8-10-12-14-16-18-20-22-24-26-27-28-30-32-34-36-38-40-42-44-51(53)59-50(49-58-60(54,55)57-47-45-52(3,4)5)48-56-46-43-41-39-37-35-33-31-29-25-23-21-19-17-15-13-11-9-7-2/h43,46,50H,6-42,44-45,47-49H2,1-5H3/b46-43+/t50-/m1/s1. The van der Waals surface area contributed by atoms with E-state index in [1.807, 2.05) is 27.2 Å². The van der Waals surface area contributed by atoms with E-state index in [-0.39, 0.29) is 25.8 Å². The van der Waals surface area contributed by atoms with E-state index in [9.17, 15) is 14.3 Å². The number of ether oxygens (including phenoxy) is 2. The SMILES string of the molecule is CCCCCCCCCCCCCCCCCC/C=C/OC[C@H](COP(=O)([O-])OCC[N+](C)(C)C)OC(=O)CCCCCCCCCCCCCCCCCCCCCC. The number of unbranched alkanes of at least 4 members (excludes halogenated alkanes) is 35. The highest BCUT2D eigenvalue weighted by molar-refractivity contribution is 7.45. The van der Waals surface area contributed by atoms with Gasteiger partial charge in [0.05, 0.1) is 34.0 Å². The maximum absolute atomic E-state index is 12.7. The fourth-order valence-electron chi connectivity index (χ4n) is 7.63. The van der Waals surface area contributed by atoms with Crippen LogP contribution in [-0.4, -0.2) is 64.1 Å². The van der Waals surface area contributed by atoms with Crippen LogP contribution in [-0.2, 0) is 27.9 Å². The van der Waals surface area contributed by atoms with Crippen LogP contribution in [0.3, 0.4) is 0 Å². The predicted octanol–water partition coefficient (Wildman–Crippen LogP) is 15.5. The average Bonchev–Trinajstić information content (AvgIpc) is 3.20. The van der Waals surface area contributed by atoms with Crippen molar-refractivity contribution in [3.63, 3.8) is 0 Å². The molecule has 0 radical (unpaired) electrons. The molecule has 0 spiro atoms. The Labute approximate surface area is 373 Å². The Bertz CT molecular complexity index is 972. The van der Waals surface area contributed by atoms with Gasteiger partial charge in [-0.25, -0.2) is 0 Å². The van der Waals surface area contributed by atoms with Crippen LogP contribution in [0.5, 0.6) is 0 Å². The number of allylic oxidation sites excluding steroid dienone is 1. The zero-order valence-corrected chi connectivity index (χ0v) is 41.6. The van der Waals surface area contributed by atoms with Gasteiger partial charge in [0, 0.05) is 6.42 Å². The first-order chi connectivity index (χ1) is 29.1. The highest BCUT2D eigenvalue weighted by Crippen LogP contribution is 2.38. The van der Waals surface area contributed by atoms with E-state index in [0.717, 1.165) is 32.1 Å². The summed E-state index contributed by atoms with van der Waals surface area (Å²) < 4.78 is 34.5. The minimum Gasteiger partial charge on any atom is -0.756 e. The van der Waals surface area contributed by atoms with E-state index in [1.165, 1.54) is 205 Å². The molecule has 0 aromatic carbocycles. The Hall–Kier alpha value is -0.920. The molecule has 0 saturated carbocycles. The van der Waals surface area contributed by atoms with E-state index < -0.39 is 13.9 Å². The third-order valence-corrected chi connectivity index (χ3v) is 12.6. The quantitative estimate of drug-likeness (QED) is 0.0198. The summed E-state index contributed by atoms with van der Waals surface area (Å²) in [7, 11) is 1.34. The Balaban J connectivity index is 4.13. The number of phosphoric acid groups is 1. The molecule has 0 bridgehead atoms. The van der Waals surface area contributed by atoms with Gasteiger partial charge in [-0.2, -0.15) is 0 Å². The van der Waals surface area contributed by atoms with Crippen molar-refractivity contribution >= 4 is 13.8 Å². The zero-order chi connectivity index (χ0) is 44.1. The minimum absolute atomic E-state index is 0.0206. The molecule has 0 heterocycles. The summed E-state index contributed by atoms with van der Waals surface area (Å²) in [5.41, 5.74) is 0. The van der Waals surface area contributed by atoms with Crippen molar-refractivity contribution in [2.24, 2.45) is 0 Å². The van der Waals surface area contributed by atoms with Crippen molar-refractivity contribution in [3.05, 3.63) is 12.3 Å². The summed E-state index contributed by atoms with van der Waals surface area (Å²) >= 11 is 0. The van der Waals surface area contributed by atoms with Gasteiger partial charge in [-0.3, -0.25) is 9.36 Å². The Morgan fingerprint density at radius 1 is 0.517 bits per heavy atom. The minimum atomic E-state index is -4.54. The second-order valence-electron chi connectivity index (χ2n) is 19.0. The lowest BCUT2D eigenvalue weighted by Gasteiger charge is -2.28. The molecule has 0 aliphatic carbocycles. The van der Waals surface area contributed by atoms with E-state index in [2.05, 4.69) is 13.8 Å². The second kappa shape index (κ2) is 44.7. The van der Waals surface area contributed by atoms with Crippen molar-refractivity contribution in [1.82, 2.24) is 0 Å². The van der Waals surface area contributed by atoms with Gasteiger partial charge in [0.25, 0.3) is 7.82 Å². The summed E-state index contributed by atoms with van der Waals surface area (Å²) in [5.74, 6) is -0.349. The highest BCUT2D eigenvalue weighted by Gasteiger charge is 2.20. The number of likely N-dealkylation sites (N-methyl/N-ethyl adjacent to an activating group) is 1. The molecule has 0 aromatic heterocycles. The van der Waals surface area contributed by atoms with E-state index in [4.69, 9.17) is 18.5 Å². The Morgan fingerprint density at radius 2 is 0.867 bits per heavy atom. The van der Waals surface area contributed by atoms with Gasteiger partial charge in [-0.1, -0.05) is 232 Å². The summed E-state index contributed by atoms with van der Waals surface area (Å²) in [4.78, 5) is 25.1. The maximum Gasteiger partial charge on any atom is 0.306 e. The Kier molecular flexibility index (Phi) is 44.0. The molecule has 0 rings (SSSR count). The van der Waals surface area contributed by atoms with Crippen LogP contribution in [0, 0.1) is 0 Å². The van der Waals surface area contributed by atoms with Crippen molar-refractivity contribution in [1.29, 1.82) is 0 Å². The molecule has 0 saturated heterocycles. The van der Waals surface area contributed by atoms with Gasteiger partial charge in [0.2, 0.25) is 0 Å². The number of hydrogen-bond donors (Lipinski definition) is 0. The molecule has 9 heteroatoms. The molecule has 0 aromatic rings. The first-order valence-corrected chi connectivity index (χ1v) is 27.4. The molecular weight excluding hydrogens is 770 g/mol. The van der Waals surface area contributed by atoms with Crippen LogP contribution in [0.1, 0.15) is 258 Å². The molecule has 1 unspecified atom stereocenters. The van der Waals surface area contributed by atoms with Gasteiger partial charge in [0.1, 0.15) is 19.8 Å². The lowest BCUT2D eigenvalue weighted by molar-refractivity contribution is -0.870. The van der Waals surface area contributed by atoms with E-state index >= 15 is 0 Å². The third kappa shape index (κ3) is 48.1. The van der Waals surface area contributed by atoms with Crippen molar-refractivity contribution in [2.45, 2.75) is 264 Å². The molecule has 60 heavy (non-hydrogen) atoms. The molecule has 0 fully saturated rings. The number of carbonyl (C=O) groups is 1. The fourth-order valence-corrected chi connectivity index (χ4v) is 8.36. The van der Waals surface area contributed by atoms with Crippen LogP contribution in [0.4, 0.5) is 0 Å². The fraction of sp³-hybridized carbons (Fsp3) is 0.941. The monoisotopic (exact) mass is 872 g/mol. The molecule has 358 valence electrons. The summed E-state index contributed by atoms with van der Waals surface area (Å²) in [6.45, 7) is 4.80. The molecule has 0 aliphatic heterocycles. The molecule has 2 atom stereocenters. The van der Waals surface area contributed by atoms with Gasteiger partial charge in [0.15, 0.2) is 6.10 Å². The number of phosphoric ester groups is 1. The number of rotatable bonds is 49. The number of quaternary nitrogens is 1. The maximum atomic E-state index is 12.7. The predicted molar refractivity (Wildman–Crippen MR) is 254 cm³/mol. The number of esters is 1. The van der Waals surface area contributed by atoms with Gasteiger partial charge < -0.3 is 27.9 Å². The van der Waals surface area contributed by atoms with Crippen molar-refractivity contribution in [3.8, 4) is 0 Å². The van der Waals surface area contributed by atoms with Crippen LogP contribution in [0.25, 0.3) is 0 Å². The van der Waals surface area contributed by atoms with Gasteiger partial charge >= 0.3 is 5.97 Å². The smallest absolute Gasteiger partial charge is 0.306 e. The largest absolute Gasteiger partial charge is 0.756 e. The molecule has 0 amide bonds. The number of nitrogens with zero attached hydrogens (tertiary/aromatic N) is 1. The van der Waals surface area contributed by atoms with Crippen molar-refractivity contribution in [2.75, 3.05) is 47.5 Å². The van der Waals surface area contributed by atoms with Gasteiger partial charge in [-0.15, -0.1) is 0 Å². The molecule has 0 N–H and O–H groups in total. The Morgan fingerprint density at radius 3 is 1.23 bits per heavy atom. The molecule has 8 nitrogen and oxygen atoms in total. The molecule has 0 aliphatic rings. The average molecular weight is 872 g/mol. The van der Waals surface area contributed by atoms with E-state index in [1.54, 1.807) is 6.26 Å². The van der Waals surface area contributed by atoms with Crippen LogP contribution < -0.4 is 4.89 Å². The second-order valence-corrected chi connectivity index (χ2v) is 20.4. The number of hydrogen-bond acceptors (Lipinski definition) is 7. The van der Waals surface area contributed by atoms with Crippen LogP contribution in [0.2, 0.25) is 0 Å². The third-order valence-electron chi connectivity index (χ3n) is 11.7. The van der Waals surface area contributed by atoms with Crippen LogP contribution >= 0.6 is 7.82 Å². The lowest BCUT2D eigenvalue weighted by atomic mass is 10.0. The normalized spacial score (nSPS) is 13.6. The highest BCUT2D eigenvalue weighted by atomic mass is 31.2. The van der Waals surface area contributed by atoms with Gasteiger partial charge in [-0.05, 0) is 25.3 Å². The van der Waals surface area contributed by atoms with Crippen molar-refractivity contribution < 1.29 is 37.3 Å². The van der Waals surface area contributed by atoms with E-state index in [0.29, 0.717) is 17.4 Å².